The zero-order valence-electron chi connectivity index (χ0n) is 13.3. The lowest BCUT2D eigenvalue weighted by molar-refractivity contribution is -0.134. The van der Waals surface area contributed by atoms with Crippen LogP contribution in [0.25, 0.3) is 0 Å². The average Bonchev–Trinajstić information content (AvgIpc) is 3.22. The lowest BCUT2D eigenvalue weighted by Crippen LogP contribution is -2.41. The largest absolute Gasteiger partial charge is 0.464 e. The van der Waals surface area contributed by atoms with Gasteiger partial charge in [-0.1, -0.05) is 0 Å². The number of anilines is 1. The maximum atomic E-state index is 12.5. The van der Waals surface area contributed by atoms with E-state index in [9.17, 15) is 9.59 Å². The van der Waals surface area contributed by atoms with Crippen molar-refractivity contribution in [2.24, 2.45) is 0 Å². The fourth-order valence-corrected chi connectivity index (χ4v) is 2.76. The first-order chi connectivity index (χ1) is 11.1. The fraction of sp³-hybridized carbons (Fsp3) is 0.438. The predicted octanol–water partition coefficient (Wildman–Crippen LogP) is 1.93. The Hall–Kier alpha value is -2.57. The third kappa shape index (κ3) is 3.28. The Bertz CT molecular complexity index is 718. The zero-order valence-corrected chi connectivity index (χ0v) is 13.3. The van der Waals surface area contributed by atoms with Gasteiger partial charge in [0.15, 0.2) is 5.82 Å². The number of amides is 2. The van der Waals surface area contributed by atoms with E-state index in [0.717, 1.165) is 12.3 Å². The number of carbonyl (C=O) groups excluding carboxylic acids is 2. The smallest absolute Gasteiger partial charge is 0.248 e. The molecule has 7 heteroatoms. The molecule has 0 aliphatic carbocycles. The molecule has 2 aromatic rings. The van der Waals surface area contributed by atoms with E-state index in [2.05, 4.69) is 10.4 Å². The molecule has 0 radical (unpaired) electrons. The molecular formula is C16H20N4O3. The molecule has 0 unspecified atom stereocenters. The fourth-order valence-electron chi connectivity index (χ4n) is 2.76. The van der Waals surface area contributed by atoms with E-state index in [1.54, 1.807) is 21.8 Å². The summed E-state index contributed by atoms with van der Waals surface area (Å²) in [6.45, 7) is 4.88. The van der Waals surface area contributed by atoms with E-state index in [0.29, 0.717) is 31.0 Å². The van der Waals surface area contributed by atoms with Crippen LogP contribution in [-0.2, 0) is 22.7 Å². The van der Waals surface area contributed by atoms with Crippen LogP contribution in [0.1, 0.15) is 31.3 Å². The van der Waals surface area contributed by atoms with Gasteiger partial charge in [-0.25, -0.2) is 0 Å². The highest BCUT2D eigenvalue weighted by Gasteiger charge is 2.36. The number of furan rings is 1. The summed E-state index contributed by atoms with van der Waals surface area (Å²) >= 11 is 0. The van der Waals surface area contributed by atoms with Crippen molar-refractivity contribution in [2.45, 2.75) is 45.8 Å². The standard InChI is InChI=1S/C16H20N4O3/c1-3-19-9-8-14(18-19)17-16(22)13-6-7-15(21)20(13)10-12-5-4-11(2)23-12/h4-5,8-9,13H,3,6-7,10H2,1-2H3,(H,17,18,22)/t13-/m0/s1. The molecule has 0 saturated carbocycles. The van der Waals surface area contributed by atoms with E-state index >= 15 is 0 Å². The summed E-state index contributed by atoms with van der Waals surface area (Å²) in [5.74, 6) is 1.74. The summed E-state index contributed by atoms with van der Waals surface area (Å²) in [5.41, 5.74) is 0. The molecule has 2 aromatic heterocycles. The number of carbonyl (C=O) groups is 2. The Morgan fingerprint density at radius 3 is 2.91 bits per heavy atom. The molecule has 1 aliphatic rings. The van der Waals surface area contributed by atoms with Crippen LogP contribution >= 0.6 is 0 Å². The minimum absolute atomic E-state index is 0.0294. The van der Waals surface area contributed by atoms with Crippen LogP contribution in [0.15, 0.2) is 28.8 Å². The molecule has 1 fully saturated rings. The minimum atomic E-state index is -0.486. The van der Waals surface area contributed by atoms with Crippen LogP contribution < -0.4 is 5.32 Å². The maximum Gasteiger partial charge on any atom is 0.248 e. The van der Waals surface area contributed by atoms with E-state index in [-0.39, 0.29) is 11.8 Å². The Morgan fingerprint density at radius 2 is 2.26 bits per heavy atom. The minimum Gasteiger partial charge on any atom is -0.464 e. The summed E-state index contributed by atoms with van der Waals surface area (Å²) in [6, 6.07) is 4.94. The molecule has 3 heterocycles. The number of hydrogen-bond acceptors (Lipinski definition) is 4. The Labute approximate surface area is 134 Å². The average molecular weight is 316 g/mol. The highest BCUT2D eigenvalue weighted by atomic mass is 16.3. The molecule has 1 atom stereocenters. The van der Waals surface area contributed by atoms with E-state index < -0.39 is 6.04 Å². The lowest BCUT2D eigenvalue weighted by Gasteiger charge is -2.22. The number of rotatable bonds is 5. The first kappa shape index (κ1) is 15.3. The second-order valence-electron chi connectivity index (χ2n) is 5.63. The van der Waals surface area contributed by atoms with Crippen LogP contribution in [0.2, 0.25) is 0 Å². The number of hydrogen-bond donors (Lipinski definition) is 1. The Morgan fingerprint density at radius 1 is 1.43 bits per heavy atom. The Balaban J connectivity index is 1.69. The van der Waals surface area contributed by atoms with Gasteiger partial charge in [-0.15, -0.1) is 0 Å². The first-order valence-electron chi connectivity index (χ1n) is 7.76. The number of aryl methyl sites for hydroxylation is 2. The molecule has 1 saturated heterocycles. The van der Waals surface area contributed by atoms with Crippen molar-refractivity contribution in [3.05, 3.63) is 35.9 Å². The van der Waals surface area contributed by atoms with Crippen LogP contribution in [-0.4, -0.2) is 32.5 Å². The lowest BCUT2D eigenvalue weighted by atomic mass is 10.2. The summed E-state index contributed by atoms with van der Waals surface area (Å²) < 4.78 is 7.25. The van der Waals surface area contributed by atoms with E-state index in [1.807, 2.05) is 26.0 Å². The van der Waals surface area contributed by atoms with Gasteiger partial charge in [0.1, 0.15) is 17.6 Å². The van der Waals surface area contributed by atoms with Crippen LogP contribution in [0, 0.1) is 6.92 Å². The number of nitrogens with zero attached hydrogens (tertiary/aromatic N) is 3. The zero-order chi connectivity index (χ0) is 16.4. The van der Waals surface area contributed by atoms with Crippen molar-refractivity contribution in [1.82, 2.24) is 14.7 Å². The van der Waals surface area contributed by atoms with Gasteiger partial charge in [0.05, 0.1) is 6.54 Å². The second-order valence-corrected chi connectivity index (χ2v) is 5.63. The molecule has 1 N–H and O–H groups in total. The maximum absolute atomic E-state index is 12.5. The third-order valence-electron chi connectivity index (χ3n) is 3.97. The first-order valence-corrected chi connectivity index (χ1v) is 7.76. The third-order valence-corrected chi connectivity index (χ3v) is 3.97. The number of aromatic nitrogens is 2. The van der Waals surface area contributed by atoms with Crippen molar-refractivity contribution in [2.75, 3.05) is 5.32 Å². The monoisotopic (exact) mass is 316 g/mol. The number of likely N-dealkylation sites (tertiary alicyclic amines) is 1. The SMILES string of the molecule is CCn1ccc(NC(=O)[C@@H]2CCC(=O)N2Cc2ccc(C)o2)n1. The van der Waals surface area contributed by atoms with Crippen molar-refractivity contribution in [1.29, 1.82) is 0 Å². The second kappa shape index (κ2) is 6.28. The van der Waals surface area contributed by atoms with Crippen molar-refractivity contribution in [3.63, 3.8) is 0 Å². The molecule has 23 heavy (non-hydrogen) atoms. The van der Waals surface area contributed by atoms with Gasteiger partial charge in [0.25, 0.3) is 0 Å². The summed E-state index contributed by atoms with van der Waals surface area (Å²) in [5, 5.41) is 7.02. The van der Waals surface area contributed by atoms with Crippen LogP contribution in [0.5, 0.6) is 0 Å². The van der Waals surface area contributed by atoms with Gasteiger partial charge < -0.3 is 14.6 Å². The molecule has 7 nitrogen and oxygen atoms in total. The number of nitrogens with one attached hydrogen (secondary N) is 1. The van der Waals surface area contributed by atoms with Crippen molar-refractivity contribution in [3.8, 4) is 0 Å². The van der Waals surface area contributed by atoms with Crippen LogP contribution in [0.4, 0.5) is 5.82 Å². The highest BCUT2D eigenvalue weighted by molar-refractivity contribution is 5.98. The normalized spacial score (nSPS) is 17.7. The van der Waals surface area contributed by atoms with Gasteiger partial charge in [0, 0.05) is 25.2 Å². The predicted molar refractivity (Wildman–Crippen MR) is 83.5 cm³/mol. The van der Waals surface area contributed by atoms with Gasteiger partial charge >= 0.3 is 0 Å². The molecule has 0 aromatic carbocycles. The van der Waals surface area contributed by atoms with Gasteiger partial charge in [0.2, 0.25) is 11.8 Å². The molecule has 1 aliphatic heterocycles. The molecule has 0 spiro atoms. The highest BCUT2D eigenvalue weighted by Crippen LogP contribution is 2.23. The molecule has 3 rings (SSSR count). The van der Waals surface area contributed by atoms with Gasteiger partial charge in [-0.05, 0) is 32.4 Å². The molecule has 122 valence electrons. The molecule has 0 bridgehead atoms. The molecule has 2 amide bonds. The van der Waals surface area contributed by atoms with Crippen LogP contribution in [0.3, 0.4) is 0 Å². The topological polar surface area (TPSA) is 80.4 Å². The quantitative estimate of drug-likeness (QED) is 0.914. The summed E-state index contributed by atoms with van der Waals surface area (Å²) in [4.78, 5) is 26.1. The van der Waals surface area contributed by atoms with Gasteiger partial charge in [-0.3, -0.25) is 14.3 Å². The summed E-state index contributed by atoms with van der Waals surface area (Å²) in [7, 11) is 0. The van der Waals surface area contributed by atoms with Crippen molar-refractivity contribution < 1.29 is 14.0 Å². The Kier molecular flexibility index (Phi) is 4.18. The summed E-state index contributed by atoms with van der Waals surface area (Å²) in [6.07, 6.45) is 2.69. The van der Waals surface area contributed by atoms with E-state index in [4.69, 9.17) is 4.42 Å². The molecular weight excluding hydrogens is 296 g/mol. The van der Waals surface area contributed by atoms with Gasteiger partial charge in [-0.2, -0.15) is 5.10 Å². The van der Waals surface area contributed by atoms with Crippen molar-refractivity contribution >= 4 is 17.6 Å². The van der Waals surface area contributed by atoms with E-state index in [1.165, 1.54) is 0 Å².